The van der Waals surface area contributed by atoms with E-state index in [0.29, 0.717) is 23.6 Å². The maximum Gasteiger partial charge on any atom is 0.266 e. The predicted molar refractivity (Wildman–Crippen MR) is 112 cm³/mol. The molecule has 3 rings (SSSR count). The number of hydrogen-bond acceptors (Lipinski definition) is 4. The van der Waals surface area contributed by atoms with Crippen molar-refractivity contribution in [2.45, 2.75) is 13.5 Å². The molecule has 0 aliphatic carbocycles. The van der Waals surface area contributed by atoms with Gasteiger partial charge in [0.05, 0.1) is 0 Å². The standard InChI is InChI=1S/C24H20N2O3/c1-17-6-8-18(9-7-17)16-29-23-5-3-2-4-19(23)14-20(15-25)24(28)26-21-10-12-22(27)13-11-21/h2-14,27H,16H2,1H3,(H,26,28)/b20-14-. The Balaban J connectivity index is 1.76. The minimum atomic E-state index is -0.536. The van der Waals surface area contributed by atoms with E-state index in [1.165, 1.54) is 23.8 Å². The molecule has 5 nitrogen and oxygen atoms in total. The normalized spacial score (nSPS) is 10.8. The number of rotatable bonds is 6. The van der Waals surface area contributed by atoms with E-state index in [2.05, 4.69) is 5.32 Å². The van der Waals surface area contributed by atoms with E-state index in [9.17, 15) is 15.2 Å². The average molecular weight is 384 g/mol. The van der Waals surface area contributed by atoms with Gasteiger partial charge in [0.2, 0.25) is 0 Å². The molecule has 3 aromatic carbocycles. The molecule has 29 heavy (non-hydrogen) atoms. The molecule has 0 saturated heterocycles. The highest BCUT2D eigenvalue weighted by molar-refractivity contribution is 6.09. The molecule has 1 amide bonds. The zero-order chi connectivity index (χ0) is 20.6. The van der Waals surface area contributed by atoms with Crippen LogP contribution in [0.15, 0.2) is 78.4 Å². The van der Waals surface area contributed by atoms with Crippen molar-refractivity contribution in [2.24, 2.45) is 0 Å². The quantitative estimate of drug-likeness (QED) is 0.362. The fraction of sp³-hybridized carbons (Fsp3) is 0.0833. The molecule has 0 atom stereocenters. The molecule has 0 heterocycles. The Bertz CT molecular complexity index is 1060. The second-order valence-electron chi connectivity index (χ2n) is 6.48. The molecule has 0 fully saturated rings. The number of carbonyl (C=O) groups is 1. The highest BCUT2D eigenvalue weighted by Crippen LogP contribution is 2.23. The number of ether oxygens (including phenoxy) is 1. The largest absolute Gasteiger partial charge is 0.508 e. The van der Waals surface area contributed by atoms with E-state index in [0.717, 1.165) is 5.56 Å². The third kappa shape index (κ3) is 5.47. The molecular formula is C24H20N2O3. The summed E-state index contributed by atoms with van der Waals surface area (Å²) in [7, 11) is 0. The van der Waals surface area contributed by atoms with Gasteiger partial charge in [0, 0.05) is 11.3 Å². The molecule has 0 unspecified atom stereocenters. The number of nitrogens with zero attached hydrogens (tertiary/aromatic N) is 1. The minimum Gasteiger partial charge on any atom is -0.508 e. The SMILES string of the molecule is Cc1ccc(COc2ccccc2/C=C(/C#N)C(=O)Nc2ccc(O)cc2)cc1. The lowest BCUT2D eigenvalue weighted by Gasteiger charge is -2.10. The second-order valence-corrected chi connectivity index (χ2v) is 6.48. The predicted octanol–water partition coefficient (Wildman–Crippen LogP) is 4.83. The summed E-state index contributed by atoms with van der Waals surface area (Å²) in [6, 6.07) is 23.2. The van der Waals surface area contributed by atoms with Crippen molar-refractivity contribution in [1.82, 2.24) is 0 Å². The summed E-state index contributed by atoms with van der Waals surface area (Å²) in [6.45, 7) is 2.41. The number of anilines is 1. The molecule has 0 saturated carbocycles. The maximum atomic E-state index is 12.5. The van der Waals surface area contributed by atoms with E-state index in [1.54, 1.807) is 24.3 Å². The number of hydrogen-bond donors (Lipinski definition) is 2. The van der Waals surface area contributed by atoms with Gasteiger partial charge in [0.15, 0.2) is 0 Å². The summed E-state index contributed by atoms with van der Waals surface area (Å²) in [5.74, 6) is 0.142. The Hall–Kier alpha value is -4.04. The highest BCUT2D eigenvalue weighted by Gasteiger charge is 2.11. The first-order chi connectivity index (χ1) is 14.0. The van der Waals surface area contributed by atoms with Gasteiger partial charge in [0.1, 0.15) is 29.7 Å². The Morgan fingerprint density at radius 1 is 1.07 bits per heavy atom. The van der Waals surface area contributed by atoms with E-state index in [-0.39, 0.29) is 11.3 Å². The lowest BCUT2D eigenvalue weighted by Crippen LogP contribution is -2.13. The van der Waals surface area contributed by atoms with Gasteiger partial charge in [-0.2, -0.15) is 5.26 Å². The Morgan fingerprint density at radius 2 is 1.76 bits per heavy atom. The maximum absolute atomic E-state index is 12.5. The van der Waals surface area contributed by atoms with Crippen LogP contribution >= 0.6 is 0 Å². The van der Waals surface area contributed by atoms with Crippen LogP contribution in [0.4, 0.5) is 5.69 Å². The van der Waals surface area contributed by atoms with Gasteiger partial charge >= 0.3 is 0 Å². The third-order valence-corrected chi connectivity index (χ3v) is 4.22. The molecule has 2 N–H and O–H groups in total. The van der Waals surface area contributed by atoms with E-state index in [1.807, 2.05) is 49.4 Å². The number of phenols is 1. The number of aryl methyl sites for hydroxylation is 1. The molecule has 144 valence electrons. The minimum absolute atomic E-state index is 0.0514. The Kier molecular flexibility index (Phi) is 6.29. The van der Waals surface area contributed by atoms with Crippen molar-refractivity contribution in [1.29, 1.82) is 5.26 Å². The molecule has 0 spiro atoms. The number of aromatic hydroxyl groups is 1. The highest BCUT2D eigenvalue weighted by atomic mass is 16.5. The van der Waals surface area contributed by atoms with Crippen molar-refractivity contribution in [3.8, 4) is 17.6 Å². The second kappa shape index (κ2) is 9.25. The summed E-state index contributed by atoms with van der Waals surface area (Å²) in [5, 5.41) is 21.4. The van der Waals surface area contributed by atoms with Crippen LogP contribution < -0.4 is 10.1 Å². The van der Waals surface area contributed by atoms with Gasteiger partial charge in [-0.15, -0.1) is 0 Å². The van der Waals surface area contributed by atoms with Crippen LogP contribution in [0.5, 0.6) is 11.5 Å². The summed E-state index contributed by atoms with van der Waals surface area (Å²) in [5.41, 5.74) is 3.27. The molecule has 0 aliphatic rings. The van der Waals surface area contributed by atoms with Gasteiger partial charge in [-0.3, -0.25) is 4.79 Å². The van der Waals surface area contributed by atoms with Crippen molar-refractivity contribution in [3.63, 3.8) is 0 Å². The van der Waals surface area contributed by atoms with Crippen molar-refractivity contribution < 1.29 is 14.6 Å². The molecule has 0 bridgehead atoms. The Labute approximate surface area is 169 Å². The topological polar surface area (TPSA) is 82.3 Å². The third-order valence-electron chi connectivity index (χ3n) is 4.22. The van der Waals surface area contributed by atoms with Crippen molar-refractivity contribution in [3.05, 3.63) is 95.1 Å². The van der Waals surface area contributed by atoms with Gasteiger partial charge < -0.3 is 15.2 Å². The first-order valence-corrected chi connectivity index (χ1v) is 9.05. The molecule has 0 radical (unpaired) electrons. The van der Waals surface area contributed by atoms with Crippen LogP contribution in [0.1, 0.15) is 16.7 Å². The van der Waals surface area contributed by atoms with Crippen LogP contribution in [0.25, 0.3) is 6.08 Å². The lowest BCUT2D eigenvalue weighted by molar-refractivity contribution is -0.112. The van der Waals surface area contributed by atoms with Crippen LogP contribution in [0.3, 0.4) is 0 Å². The van der Waals surface area contributed by atoms with E-state index in [4.69, 9.17) is 4.74 Å². The molecule has 0 aliphatic heterocycles. The fourth-order valence-corrected chi connectivity index (χ4v) is 2.62. The molecule has 3 aromatic rings. The van der Waals surface area contributed by atoms with Crippen LogP contribution in [0, 0.1) is 18.3 Å². The number of nitriles is 1. The van der Waals surface area contributed by atoms with Crippen LogP contribution in [-0.2, 0) is 11.4 Å². The van der Waals surface area contributed by atoms with Gasteiger partial charge in [-0.1, -0.05) is 48.0 Å². The summed E-state index contributed by atoms with van der Waals surface area (Å²) < 4.78 is 5.91. The van der Waals surface area contributed by atoms with Crippen LogP contribution in [-0.4, -0.2) is 11.0 Å². The summed E-state index contributed by atoms with van der Waals surface area (Å²) >= 11 is 0. The number of carbonyl (C=O) groups excluding carboxylic acids is 1. The number of para-hydroxylation sites is 1. The average Bonchev–Trinajstić information content (AvgIpc) is 2.74. The zero-order valence-electron chi connectivity index (χ0n) is 15.9. The van der Waals surface area contributed by atoms with Crippen molar-refractivity contribution in [2.75, 3.05) is 5.32 Å². The number of nitrogens with one attached hydrogen (secondary N) is 1. The first-order valence-electron chi connectivity index (χ1n) is 9.05. The molecular weight excluding hydrogens is 364 g/mol. The van der Waals surface area contributed by atoms with Crippen LogP contribution in [0.2, 0.25) is 0 Å². The smallest absolute Gasteiger partial charge is 0.266 e. The van der Waals surface area contributed by atoms with Gasteiger partial charge in [-0.25, -0.2) is 0 Å². The Morgan fingerprint density at radius 3 is 2.45 bits per heavy atom. The first kappa shape index (κ1) is 19.7. The monoisotopic (exact) mass is 384 g/mol. The van der Waals surface area contributed by atoms with Gasteiger partial charge in [-0.05, 0) is 48.9 Å². The number of amides is 1. The summed E-state index contributed by atoms with van der Waals surface area (Å²) in [6.07, 6.45) is 1.50. The number of benzene rings is 3. The van der Waals surface area contributed by atoms with Gasteiger partial charge in [0.25, 0.3) is 5.91 Å². The van der Waals surface area contributed by atoms with E-state index < -0.39 is 5.91 Å². The molecule has 0 aromatic heterocycles. The van der Waals surface area contributed by atoms with Crippen molar-refractivity contribution >= 4 is 17.7 Å². The molecule has 5 heteroatoms. The fourth-order valence-electron chi connectivity index (χ4n) is 2.62. The zero-order valence-corrected chi connectivity index (χ0v) is 15.9. The number of phenolic OH excluding ortho intramolecular Hbond substituents is 1. The van der Waals surface area contributed by atoms with E-state index >= 15 is 0 Å². The summed E-state index contributed by atoms with van der Waals surface area (Å²) in [4.78, 5) is 12.5. The lowest BCUT2D eigenvalue weighted by atomic mass is 10.1.